The molecule has 0 bridgehead atoms. The van der Waals surface area contributed by atoms with Crippen LogP contribution in [0.5, 0.6) is 0 Å². The summed E-state index contributed by atoms with van der Waals surface area (Å²) >= 11 is 3.48. The Labute approximate surface area is 108 Å². The zero-order valence-electron chi connectivity index (χ0n) is 9.16. The third-order valence-corrected chi connectivity index (χ3v) is 3.14. The lowest BCUT2D eigenvalue weighted by Gasteiger charge is -2.06. The third-order valence-electron chi connectivity index (χ3n) is 2.36. The van der Waals surface area contributed by atoms with E-state index in [4.69, 9.17) is 0 Å². The van der Waals surface area contributed by atoms with Crippen LogP contribution in [-0.2, 0) is 13.1 Å². The molecule has 2 rings (SSSR count). The fourth-order valence-electron chi connectivity index (χ4n) is 1.54. The van der Waals surface area contributed by atoms with E-state index < -0.39 is 0 Å². The van der Waals surface area contributed by atoms with E-state index in [2.05, 4.69) is 26.2 Å². The first-order chi connectivity index (χ1) is 8.25. The summed E-state index contributed by atoms with van der Waals surface area (Å²) in [5.41, 5.74) is 2.02. The monoisotopic (exact) mass is 294 g/mol. The number of nitrogens with one attached hydrogen (secondary N) is 1. The molecule has 0 radical (unpaired) electrons. The van der Waals surface area contributed by atoms with Gasteiger partial charge < -0.3 is 5.32 Å². The molecule has 88 valence electrons. The van der Waals surface area contributed by atoms with Crippen molar-refractivity contribution in [3.8, 4) is 0 Å². The zero-order chi connectivity index (χ0) is 12.1. The molecular weight excluding hydrogens is 283 g/mol. The summed E-state index contributed by atoms with van der Waals surface area (Å²) in [5, 5.41) is 3.25. The Morgan fingerprint density at radius 3 is 2.76 bits per heavy atom. The number of rotatable bonds is 4. The van der Waals surface area contributed by atoms with Crippen molar-refractivity contribution in [3.63, 3.8) is 0 Å². The summed E-state index contributed by atoms with van der Waals surface area (Å²) in [6.45, 7) is 1.34. The summed E-state index contributed by atoms with van der Waals surface area (Å²) in [4.78, 5) is 3.80. The van der Waals surface area contributed by atoms with Crippen molar-refractivity contribution in [1.82, 2.24) is 10.3 Å². The second kappa shape index (κ2) is 5.89. The van der Waals surface area contributed by atoms with Crippen molar-refractivity contribution in [2.24, 2.45) is 0 Å². The highest BCUT2D eigenvalue weighted by Gasteiger charge is 1.99. The molecule has 17 heavy (non-hydrogen) atoms. The average molecular weight is 295 g/mol. The molecule has 0 aliphatic heterocycles. The minimum atomic E-state index is -0.301. The van der Waals surface area contributed by atoms with Gasteiger partial charge in [0, 0.05) is 23.8 Å². The summed E-state index contributed by atoms with van der Waals surface area (Å²) in [5.74, 6) is -0.301. The fourth-order valence-corrected chi connectivity index (χ4v) is 1.96. The van der Waals surface area contributed by atoms with Crippen molar-refractivity contribution in [2.45, 2.75) is 13.1 Å². The van der Waals surface area contributed by atoms with Crippen molar-refractivity contribution >= 4 is 15.9 Å². The van der Waals surface area contributed by atoms with Gasteiger partial charge in [0.25, 0.3) is 0 Å². The smallest absolute Gasteiger partial charge is 0.141 e. The molecule has 0 aliphatic carbocycles. The van der Waals surface area contributed by atoms with E-state index in [9.17, 15) is 4.39 Å². The molecular formula is C13H12BrFN2. The molecule has 1 aromatic carbocycles. The molecule has 0 saturated heterocycles. The van der Waals surface area contributed by atoms with Crippen molar-refractivity contribution < 1.29 is 4.39 Å². The fraction of sp³-hybridized carbons (Fsp3) is 0.154. The number of halogens is 2. The zero-order valence-corrected chi connectivity index (χ0v) is 10.7. The molecule has 2 nitrogen and oxygen atoms in total. The molecule has 0 saturated carbocycles. The predicted molar refractivity (Wildman–Crippen MR) is 68.9 cm³/mol. The van der Waals surface area contributed by atoms with E-state index in [1.807, 2.05) is 24.3 Å². The van der Waals surface area contributed by atoms with Gasteiger partial charge in [-0.1, -0.05) is 34.1 Å². The molecule has 0 aliphatic rings. The first-order valence-corrected chi connectivity index (χ1v) is 6.08. The topological polar surface area (TPSA) is 24.9 Å². The Hall–Kier alpha value is -1.26. The Morgan fingerprint density at radius 1 is 1.18 bits per heavy atom. The highest BCUT2D eigenvalue weighted by Crippen LogP contribution is 2.15. The number of pyridine rings is 1. The van der Waals surface area contributed by atoms with Crippen LogP contribution in [0.25, 0.3) is 0 Å². The maximum atomic E-state index is 12.9. The van der Waals surface area contributed by atoms with E-state index >= 15 is 0 Å². The van der Waals surface area contributed by atoms with Crippen LogP contribution in [0.2, 0.25) is 0 Å². The summed E-state index contributed by atoms with van der Waals surface area (Å²) in [6, 6.07) is 9.50. The van der Waals surface area contributed by atoms with Gasteiger partial charge in [0.2, 0.25) is 0 Å². The molecule has 0 atom stereocenters. The lowest BCUT2D eigenvalue weighted by molar-refractivity contribution is 0.612. The van der Waals surface area contributed by atoms with Gasteiger partial charge in [0.15, 0.2) is 0 Å². The van der Waals surface area contributed by atoms with Crippen LogP contribution in [0.3, 0.4) is 0 Å². The van der Waals surface area contributed by atoms with Crippen LogP contribution in [0.1, 0.15) is 11.1 Å². The largest absolute Gasteiger partial charge is 0.309 e. The Balaban J connectivity index is 1.90. The maximum Gasteiger partial charge on any atom is 0.141 e. The SMILES string of the molecule is Fc1cncc(CNCc2ccccc2Br)c1. The van der Waals surface area contributed by atoms with Crippen molar-refractivity contribution in [1.29, 1.82) is 0 Å². The van der Waals surface area contributed by atoms with E-state index in [1.54, 1.807) is 6.20 Å². The lowest BCUT2D eigenvalue weighted by atomic mass is 10.2. The first-order valence-electron chi connectivity index (χ1n) is 5.29. The molecule has 0 fully saturated rings. The number of benzene rings is 1. The van der Waals surface area contributed by atoms with Crippen LogP contribution in [0.15, 0.2) is 47.2 Å². The molecule has 0 amide bonds. The third kappa shape index (κ3) is 3.61. The normalized spacial score (nSPS) is 10.5. The number of hydrogen-bond donors (Lipinski definition) is 1. The van der Waals surface area contributed by atoms with Gasteiger partial charge in [-0.3, -0.25) is 4.98 Å². The molecule has 2 aromatic rings. The number of nitrogens with zero attached hydrogens (tertiary/aromatic N) is 1. The summed E-state index contributed by atoms with van der Waals surface area (Å²) in [6.07, 6.45) is 2.87. The summed E-state index contributed by atoms with van der Waals surface area (Å²) < 4.78 is 14.0. The van der Waals surface area contributed by atoms with E-state index in [0.29, 0.717) is 6.54 Å². The Morgan fingerprint density at radius 2 is 2.00 bits per heavy atom. The van der Waals surface area contributed by atoms with Gasteiger partial charge in [0.05, 0.1) is 6.20 Å². The molecule has 0 spiro atoms. The molecule has 1 aromatic heterocycles. The summed E-state index contributed by atoms with van der Waals surface area (Å²) in [7, 11) is 0. The second-order valence-electron chi connectivity index (χ2n) is 3.71. The van der Waals surface area contributed by atoms with Gasteiger partial charge >= 0.3 is 0 Å². The van der Waals surface area contributed by atoms with Crippen LogP contribution in [0.4, 0.5) is 4.39 Å². The molecule has 4 heteroatoms. The van der Waals surface area contributed by atoms with Gasteiger partial charge in [-0.25, -0.2) is 4.39 Å². The van der Waals surface area contributed by atoms with Gasteiger partial charge in [-0.15, -0.1) is 0 Å². The Kier molecular flexibility index (Phi) is 4.23. The van der Waals surface area contributed by atoms with Crippen LogP contribution in [0, 0.1) is 5.82 Å². The van der Waals surface area contributed by atoms with Gasteiger partial charge in [-0.2, -0.15) is 0 Å². The van der Waals surface area contributed by atoms with Gasteiger partial charge in [0.1, 0.15) is 5.82 Å². The lowest BCUT2D eigenvalue weighted by Crippen LogP contribution is -2.13. The van der Waals surface area contributed by atoms with Crippen LogP contribution >= 0.6 is 15.9 Å². The number of hydrogen-bond acceptors (Lipinski definition) is 2. The minimum absolute atomic E-state index is 0.301. The maximum absolute atomic E-state index is 12.9. The van der Waals surface area contributed by atoms with Crippen LogP contribution < -0.4 is 5.32 Å². The predicted octanol–water partition coefficient (Wildman–Crippen LogP) is 3.27. The average Bonchev–Trinajstić information content (AvgIpc) is 2.32. The first kappa shape index (κ1) is 12.2. The number of aromatic nitrogens is 1. The standard InChI is InChI=1S/C13H12BrFN2/c14-13-4-2-1-3-11(13)8-16-6-10-5-12(15)9-17-7-10/h1-5,7,9,16H,6,8H2. The quantitative estimate of drug-likeness (QED) is 0.936. The second-order valence-corrected chi connectivity index (χ2v) is 4.56. The van der Waals surface area contributed by atoms with E-state index in [-0.39, 0.29) is 5.82 Å². The molecule has 1 heterocycles. The van der Waals surface area contributed by atoms with Gasteiger partial charge in [-0.05, 0) is 23.3 Å². The van der Waals surface area contributed by atoms with Crippen molar-refractivity contribution in [3.05, 3.63) is 64.1 Å². The molecule has 0 unspecified atom stereocenters. The minimum Gasteiger partial charge on any atom is -0.309 e. The van der Waals surface area contributed by atoms with E-state index in [1.165, 1.54) is 17.8 Å². The Bertz CT molecular complexity index is 502. The van der Waals surface area contributed by atoms with Crippen LogP contribution in [-0.4, -0.2) is 4.98 Å². The van der Waals surface area contributed by atoms with E-state index in [0.717, 1.165) is 16.6 Å². The highest BCUT2D eigenvalue weighted by molar-refractivity contribution is 9.10. The van der Waals surface area contributed by atoms with Crippen molar-refractivity contribution in [2.75, 3.05) is 0 Å². The molecule has 1 N–H and O–H groups in total. The highest BCUT2D eigenvalue weighted by atomic mass is 79.9.